The first-order valence-corrected chi connectivity index (χ1v) is 7.11. The minimum absolute atomic E-state index is 0.0546. The zero-order valence-electron chi connectivity index (χ0n) is 13.3. The second-order valence-electron chi connectivity index (χ2n) is 5.23. The van der Waals surface area contributed by atoms with Gasteiger partial charge in [-0.1, -0.05) is 18.2 Å². The molecule has 2 N–H and O–H groups in total. The van der Waals surface area contributed by atoms with Gasteiger partial charge in [0.2, 0.25) is 0 Å². The number of carbonyl (C=O) groups is 1. The van der Waals surface area contributed by atoms with Crippen LogP contribution in [0.4, 0.5) is 0 Å². The quantitative estimate of drug-likeness (QED) is 0.665. The highest BCUT2D eigenvalue weighted by atomic mass is 16.3. The predicted octanol–water partition coefficient (Wildman–Crippen LogP) is 2.72. The molecule has 0 atom stereocenters. The molecule has 118 valence electrons. The molecule has 2 rings (SSSR count). The summed E-state index contributed by atoms with van der Waals surface area (Å²) < 4.78 is 0. The van der Waals surface area contributed by atoms with E-state index in [1.165, 1.54) is 23.4 Å². The van der Waals surface area contributed by atoms with Gasteiger partial charge in [0.05, 0.1) is 5.70 Å². The number of carbonyl (C=O) groups excluding carboxylic acids is 2. The highest BCUT2D eigenvalue weighted by Crippen LogP contribution is 2.19. The number of benzene rings is 1. The van der Waals surface area contributed by atoms with Gasteiger partial charge in [0, 0.05) is 12.3 Å². The number of aliphatic hydroxyl groups excluding tert-OH is 1. The molecule has 0 aromatic heterocycles. The van der Waals surface area contributed by atoms with E-state index in [2.05, 4.69) is 5.43 Å². The van der Waals surface area contributed by atoms with E-state index in [0.717, 1.165) is 16.7 Å². The Morgan fingerprint density at radius 2 is 2.04 bits per heavy atom. The Hall–Kier alpha value is -3.04. The molecule has 1 aromatic rings. The Kier molecular flexibility index (Phi) is 4.84. The summed E-state index contributed by atoms with van der Waals surface area (Å²) in [6.45, 7) is 5.60. The summed E-state index contributed by atoms with van der Waals surface area (Å²) in [4.78, 5) is 22.7. The summed E-state index contributed by atoms with van der Waals surface area (Å²) >= 11 is 0. The summed E-state index contributed by atoms with van der Waals surface area (Å²) in [5.74, 6) is 1.08. The first-order chi connectivity index (χ1) is 10.9. The molecule has 5 nitrogen and oxygen atoms in total. The van der Waals surface area contributed by atoms with Crippen LogP contribution in [0.5, 0.6) is 0 Å². The van der Waals surface area contributed by atoms with Crippen LogP contribution in [0, 0.1) is 13.8 Å². The SMILES string of the molecule is CC1=C(O)C(=C=O)C=CN1NC(=O)/C=C/c1cccc(C)c1C. The minimum atomic E-state index is -0.346. The van der Waals surface area contributed by atoms with Crippen LogP contribution in [0.2, 0.25) is 0 Å². The van der Waals surface area contributed by atoms with Crippen LogP contribution in [0.3, 0.4) is 0 Å². The molecule has 0 saturated carbocycles. The number of nitrogens with one attached hydrogen (secondary N) is 1. The molecule has 0 spiro atoms. The molecule has 1 aromatic carbocycles. The topological polar surface area (TPSA) is 69.6 Å². The number of hydrogen-bond acceptors (Lipinski definition) is 4. The number of allylic oxidation sites excluding steroid dienone is 2. The number of rotatable bonds is 3. The fraction of sp³-hybridized carbons (Fsp3) is 0.167. The number of aliphatic hydroxyl groups is 1. The minimum Gasteiger partial charge on any atom is -0.505 e. The highest BCUT2D eigenvalue weighted by Gasteiger charge is 2.17. The van der Waals surface area contributed by atoms with E-state index in [1.807, 2.05) is 32.0 Å². The van der Waals surface area contributed by atoms with Crippen molar-refractivity contribution in [3.8, 4) is 0 Å². The normalized spacial score (nSPS) is 14.4. The average molecular weight is 310 g/mol. The van der Waals surface area contributed by atoms with Crippen LogP contribution < -0.4 is 5.43 Å². The number of nitrogens with zero attached hydrogens (tertiary/aromatic N) is 1. The molecule has 1 aliphatic rings. The van der Waals surface area contributed by atoms with Crippen molar-refractivity contribution in [1.29, 1.82) is 0 Å². The van der Waals surface area contributed by atoms with Crippen molar-refractivity contribution in [2.45, 2.75) is 20.8 Å². The fourth-order valence-electron chi connectivity index (χ4n) is 2.13. The van der Waals surface area contributed by atoms with Gasteiger partial charge < -0.3 is 5.11 Å². The Morgan fingerprint density at radius 1 is 1.30 bits per heavy atom. The maximum Gasteiger partial charge on any atom is 0.262 e. The molecular formula is C18H18N2O3. The Bertz CT molecular complexity index is 781. The summed E-state index contributed by atoms with van der Waals surface area (Å²) in [7, 11) is 0. The van der Waals surface area contributed by atoms with Crippen LogP contribution in [0.25, 0.3) is 6.08 Å². The zero-order valence-corrected chi connectivity index (χ0v) is 13.3. The third-order valence-corrected chi connectivity index (χ3v) is 3.75. The standard InChI is InChI=1S/C18H18N2O3/c1-12-5-4-6-15(13(12)2)7-8-17(22)19-20-10-9-16(11-21)18(23)14(20)3/h4-10,23H,1-3H3,(H,19,22)/b8-7+. The third kappa shape index (κ3) is 3.59. The summed E-state index contributed by atoms with van der Waals surface area (Å²) in [5, 5.41) is 11.2. The van der Waals surface area contributed by atoms with Crippen LogP contribution in [-0.4, -0.2) is 22.0 Å². The molecular weight excluding hydrogens is 292 g/mol. The molecule has 1 heterocycles. The highest BCUT2D eigenvalue weighted by molar-refractivity contribution is 5.91. The first kappa shape index (κ1) is 16.3. The van der Waals surface area contributed by atoms with Gasteiger partial charge in [-0.15, -0.1) is 0 Å². The smallest absolute Gasteiger partial charge is 0.262 e. The number of hydrogen-bond donors (Lipinski definition) is 2. The maximum atomic E-state index is 12.0. The van der Waals surface area contributed by atoms with Crippen LogP contribution in [0.1, 0.15) is 23.6 Å². The largest absolute Gasteiger partial charge is 0.505 e. The molecule has 0 unspecified atom stereocenters. The van der Waals surface area contributed by atoms with Gasteiger partial charge in [0.25, 0.3) is 5.91 Å². The predicted molar refractivity (Wildman–Crippen MR) is 88.6 cm³/mol. The van der Waals surface area contributed by atoms with Gasteiger partial charge in [-0.05, 0) is 49.6 Å². The van der Waals surface area contributed by atoms with E-state index in [-0.39, 0.29) is 17.2 Å². The Balaban J connectivity index is 2.10. The second kappa shape index (κ2) is 6.81. The fourth-order valence-corrected chi connectivity index (χ4v) is 2.13. The Morgan fingerprint density at radius 3 is 2.74 bits per heavy atom. The lowest BCUT2D eigenvalue weighted by Gasteiger charge is -2.24. The molecule has 5 heteroatoms. The van der Waals surface area contributed by atoms with Crippen LogP contribution in [0.15, 0.2) is 53.6 Å². The number of amides is 1. The van der Waals surface area contributed by atoms with Gasteiger partial charge in [0.15, 0.2) is 5.76 Å². The second-order valence-corrected chi connectivity index (χ2v) is 5.23. The van der Waals surface area contributed by atoms with E-state index in [0.29, 0.717) is 5.70 Å². The molecule has 1 aliphatic heterocycles. The van der Waals surface area contributed by atoms with Crippen molar-refractivity contribution in [3.63, 3.8) is 0 Å². The van der Waals surface area contributed by atoms with Crippen molar-refractivity contribution >= 4 is 17.9 Å². The van der Waals surface area contributed by atoms with Crippen LogP contribution in [-0.2, 0) is 9.59 Å². The lowest BCUT2D eigenvalue weighted by molar-refractivity contribution is -0.119. The summed E-state index contributed by atoms with van der Waals surface area (Å²) in [6.07, 6.45) is 6.02. The van der Waals surface area contributed by atoms with Crippen molar-refractivity contribution in [2.75, 3.05) is 0 Å². The summed E-state index contributed by atoms with van der Waals surface area (Å²) in [5.41, 5.74) is 6.25. The van der Waals surface area contributed by atoms with Crippen molar-refractivity contribution < 1.29 is 14.7 Å². The van der Waals surface area contributed by atoms with Gasteiger partial charge in [-0.25, -0.2) is 4.79 Å². The third-order valence-electron chi connectivity index (χ3n) is 3.75. The monoisotopic (exact) mass is 310 g/mol. The Labute approximate surface area is 134 Å². The first-order valence-electron chi connectivity index (χ1n) is 7.11. The van der Waals surface area contributed by atoms with Gasteiger partial charge in [-0.2, -0.15) is 0 Å². The molecule has 23 heavy (non-hydrogen) atoms. The van der Waals surface area contributed by atoms with Crippen molar-refractivity contribution in [3.05, 3.63) is 70.3 Å². The molecule has 0 radical (unpaired) electrons. The average Bonchev–Trinajstić information content (AvgIpc) is 2.53. The van der Waals surface area contributed by atoms with E-state index in [1.54, 1.807) is 18.9 Å². The molecule has 0 aliphatic carbocycles. The summed E-state index contributed by atoms with van der Waals surface area (Å²) in [6, 6.07) is 5.89. The maximum absolute atomic E-state index is 12.0. The zero-order chi connectivity index (χ0) is 17.0. The van der Waals surface area contributed by atoms with E-state index >= 15 is 0 Å². The molecule has 0 bridgehead atoms. The van der Waals surface area contributed by atoms with E-state index < -0.39 is 0 Å². The van der Waals surface area contributed by atoms with E-state index in [4.69, 9.17) is 0 Å². The van der Waals surface area contributed by atoms with Gasteiger partial charge in [-0.3, -0.25) is 15.2 Å². The van der Waals surface area contributed by atoms with Crippen molar-refractivity contribution in [2.24, 2.45) is 0 Å². The lowest BCUT2D eigenvalue weighted by atomic mass is 10.0. The van der Waals surface area contributed by atoms with Gasteiger partial charge >= 0.3 is 0 Å². The molecule has 0 fully saturated rings. The number of hydrazine groups is 1. The molecule has 0 saturated heterocycles. The van der Waals surface area contributed by atoms with Crippen LogP contribution >= 0.6 is 0 Å². The van der Waals surface area contributed by atoms with Crippen molar-refractivity contribution in [1.82, 2.24) is 10.4 Å². The number of aryl methyl sites for hydroxylation is 1. The van der Waals surface area contributed by atoms with E-state index in [9.17, 15) is 14.7 Å². The molecule has 1 amide bonds. The lowest BCUT2D eigenvalue weighted by Crippen LogP contribution is -2.38. The van der Waals surface area contributed by atoms with Gasteiger partial charge in [0.1, 0.15) is 11.5 Å².